The number of rotatable bonds is 3. The maximum absolute atomic E-state index is 12.8. The summed E-state index contributed by atoms with van der Waals surface area (Å²) in [5, 5.41) is 0. The van der Waals surface area contributed by atoms with Crippen molar-refractivity contribution in [1.29, 1.82) is 0 Å². The molecule has 0 bridgehead atoms. The molecule has 1 saturated carbocycles. The van der Waals surface area contributed by atoms with Crippen molar-refractivity contribution in [2.45, 2.75) is 19.3 Å². The van der Waals surface area contributed by atoms with E-state index >= 15 is 0 Å². The minimum Gasteiger partial charge on any atom is -0.459 e. The summed E-state index contributed by atoms with van der Waals surface area (Å²) in [4.78, 5) is 28.7. The van der Waals surface area contributed by atoms with Gasteiger partial charge in [-0.2, -0.15) is 0 Å². The van der Waals surface area contributed by atoms with E-state index in [-0.39, 0.29) is 17.7 Å². The minimum absolute atomic E-state index is 0.0960. The van der Waals surface area contributed by atoms with Crippen LogP contribution in [0, 0.1) is 12.8 Å². The molecule has 0 unspecified atom stereocenters. The number of hydrogen-bond acceptors (Lipinski definition) is 3. The molecule has 1 aliphatic heterocycles. The van der Waals surface area contributed by atoms with Gasteiger partial charge in [0.2, 0.25) is 5.91 Å². The van der Waals surface area contributed by atoms with Crippen molar-refractivity contribution in [3.05, 3.63) is 59.5 Å². The van der Waals surface area contributed by atoms with E-state index in [1.165, 1.54) is 17.4 Å². The lowest BCUT2D eigenvalue weighted by molar-refractivity contribution is -0.134. The van der Waals surface area contributed by atoms with Crippen LogP contribution in [0.15, 0.2) is 47.1 Å². The Morgan fingerprint density at radius 1 is 1.00 bits per heavy atom. The third-order valence-electron chi connectivity index (χ3n) is 5.31. The smallest absolute Gasteiger partial charge is 0.289 e. The summed E-state index contributed by atoms with van der Waals surface area (Å²) in [6.45, 7) is 4.43. The predicted octanol–water partition coefficient (Wildman–Crippen LogP) is 2.68. The standard InChI is InChI=1S/C20H22N2O3/c1-14-5-2-3-6-15(14)16-13-17(16)19(23)21-8-10-22(11-9-21)20(24)18-7-4-12-25-18/h2-7,12,16-17H,8-11,13H2,1H3/t16-,17+/m0/s1. The molecule has 2 fully saturated rings. The molecule has 5 heteroatoms. The van der Waals surface area contributed by atoms with Crippen LogP contribution in [0.3, 0.4) is 0 Å². The molecule has 5 nitrogen and oxygen atoms in total. The molecule has 2 heterocycles. The van der Waals surface area contributed by atoms with Gasteiger partial charge in [0.15, 0.2) is 5.76 Å². The number of nitrogens with zero attached hydrogens (tertiary/aromatic N) is 2. The third kappa shape index (κ3) is 3.06. The van der Waals surface area contributed by atoms with E-state index in [4.69, 9.17) is 4.42 Å². The summed E-state index contributed by atoms with van der Waals surface area (Å²) in [6, 6.07) is 11.7. The summed E-state index contributed by atoms with van der Waals surface area (Å²) >= 11 is 0. The van der Waals surface area contributed by atoms with Crippen LogP contribution >= 0.6 is 0 Å². The Morgan fingerprint density at radius 2 is 1.72 bits per heavy atom. The molecular weight excluding hydrogens is 316 g/mol. The summed E-state index contributed by atoms with van der Waals surface area (Å²) in [5.74, 6) is 0.964. The van der Waals surface area contributed by atoms with Gasteiger partial charge in [-0.1, -0.05) is 24.3 Å². The molecule has 2 aliphatic rings. The van der Waals surface area contributed by atoms with Crippen molar-refractivity contribution in [1.82, 2.24) is 9.80 Å². The molecule has 0 spiro atoms. The van der Waals surface area contributed by atoms with E-state index in [0.29, 0.717) is 37.9 Å². The highest BCUT2D eigenvalue weighted by atomic mass is 16.3. The number of piperazine rings is 1. The van der Waals surface area contributed by atoms with Crippen LogP contribution in [0.5, 0.6) is 0 Å². The normalized spacial score (nSPS) is 22.8. The monoisotopic (exact) mass is 338 g/mol. The molecule has 2 amide bonds. The molecule has 0 radical (unpaired) electrons. The summed E-state index contributed by atoms with van der Waals surface area (Å²) in [5.41, 5.74) is 2.56. The Labute approximate surface area is 147 Å². The van der Waals surface area contributed by atoms with E-state index in [9.17, 15) is 9.59 Å². The largest absolute Gasteiger partial charge is 0.459 e. The summed E-state index contributed by atoms with van der Waals surface area (Å²) in [6.07, 6.45) is 2.45. The van der Waals surface area contributed by atoms with Crippen molar-refractivity contribution in [2.24, 2.45) is 5.92 Å². The first-order valence-electron chi connectivity index (χ1n) is 8.82. The van der Waals surface area contributed by atoms with Crippen molar-refractivity contribution < 1.29 is 14.0 Å². The van der Waals surface area contributed by atoms with Gasteiger partial charge < -0.3 is 14.2 Å². The van der Waals surface area contributed by atoms with Gasteiger partial charge in [-0.25, -0.2) is 0 Å². The Bertz CT molecular complexity index is 776. The third-order valence-corrected chi connectivity index (χ3v) is 5.31. The average Bonchev–Trinajstić information content (AvgIpc) is 3.24. The van der Waals surface area contributed by atoms with E-state index in [1.807, 2.05) is 17.0 Å². The molecule has 25 heavy (non-hydrogen) atoms. The van der Waals surface area contributed by atoms with Gasteiger partial charge in [0, 0.05) is 32.1 Å². The van der Waals surface area contributed by atoms with Crippen LogP contribution in [0.4, 0.5) is 0 Å². The van der Waals surface area contributed by atoms with Gasteiger partial charge in [0.1, 0.15) is 0 Å². The Hall–Kier alpha value is -2.56. The topological polar surface area (TPSA) is 53.8 Å². The highest BCUT2D eigenvalue weighted by molar-refractivity contribution is 5.91. The number of amides is 2. The SMILES string of the molecule is Cc1ccccc1[C@@H]1C[C@H]1C(=O)N1CCN(C(=O)c2ccco2)CC1. The first kappa shape index (κ1) is 15.9. The fourth-order valence-electron chi connectivity index (χ4n) is 3.73. The van der Waals surface area contributed by atoms with E-state index < -0.39 is 0 Å². The van der Waals surface area contributed by atoms with Crippen LogP contribution in [0.25, 0.3) is 0 Å². The number of aryl methyl sites for hydroxylation is 1. The number of hydrogen-bond donors (Lipinski definition) is 0. The van der Waals surface area contributed by atoms with Crippen LogP contribution in [0.1, 0.15) is 34.0 Å². The van der Waals surface area contributed by atoms with E-state index in [0.717, 1.165) is 6.42 Å². The van der Waals surface area contributed by atoms with Gasteiger partial charge in [0.05, 0.1) is 6.26 Å². The molecular formula is C20H22N2O3. The predicted molar refractivity (Wildman–Crippen MR) is 93.2 cm³/mol. The summed E-state index contributed by atoms with van der Waals surface area (Å²) < 4.78 is 5.17. The lowest BCUT2D eigenvalue weighted by atomic mass is 10.0. The average molecular weight is 338 g/mol. The van der Waals surface area contributed by atoms with Crippen molar-refractivity contribution in [2.75, 3.05) is 26.2 Å². The zero-order valence-corrected chi connectivity index (χ0v) is 14.4. The fraction of sp³-hybridized carbons (Fsp3) is 0.400. The van der Waals surface area contributed by atoms with Crippen LogP contribution in [-0.2, 0) is 4.79 Å². The molecule has 4 rings (SSSR count). The minimum atomic E-state index is -0.0960. The first-order chi connectivity index (χ1) is 12.1. The lowest BCUT2D eigenvalue weighted by Crippen LogP contribution is -2.51. The number of carbonyl (C=O) groups is 2. The van der Waals surface area contributed by atoms with Gasteiger partial charge in [-0.15, -0.1) is 0 Å². The highest BCUT2D eigenvalue weighted by Gasteiger charge is 2.46. The van der Waals surface area contributed by atoms with Crippen molar-refractivity contribution >= 4 is 11.8 Å². The maximum Gasteiger partial charge on any atom is 0.289 e. The number of furan rings is 1. The second-order valence-electron chi connectivity index (χ2n) is 6.90. The maximum atomic E-state index is 12.8. The van der Waals surface area contributed by atoms with E-state index in [2.05, 4.69) is 19.1 Å². The molecule has 1 aromatic carbocycles. The molecule has 1 aliphatic carbocycles. The van der Waals surface area contributed by atoms with E-state index in [1.54, 1.807) is 17.0 Å². The van der Waals surface area contributed by atoms with Gasteiger partial charge in [0.25, 0.3) is 5.91 Å². The van der Waals surface area contributed by atoms with Gasteiger partial charge in [-0.05, 0) is 42.5 Å². The molecule has 2 aromatic rings. The molecule has 1 saturated heterocycles. The zero-order chi connectivity index (χ0) is 17.4. The zero-order valence-electron chi connectivity index (χ0n) is 14.4. The Kier molecular flexibility index (Phi) is 4.07. The Balaban J connectivity index is 1.33. The quantitative estimate of drug-likeness (QED) is 0.865. The highest BCUT2D eigenvalue weighted by Crippen LogP contribution is 2.49. The second kappa shape index (κ2) is 6.39. The van der Waals surface area contributed by atoms with Crippen LogP contribution in [-0.4, -0.2) is 47.8 Å². The van der Waals surface area contributed by atoms with Crippen LogP contribution in [0.2, 0.25) is 0 Å². The number of benzene rings is 1. The lowest BCUT2D eigenvalue weighted by Gasteiger charge is -2.34. The van der Waals surface area contributed by atoms with Crippen molar-refractivity contribution in [3.63, 3.8) is 0 Å². The summed E-state index contributed by atoms with van der Waals surface area (Å²) in [7, 11) is 0. The fourth-order valence-corrected chi connectivity index (χ4v) is 3.73. The molecule has 2 atom stereocenters. The molecule has 1 aromatic heterocycles. The molecule has 130 valence electrons. The second-order valence-corrected chi connectivity index (χ2v) is 6.90. The first-order valence-corrected chi connectivity index (χ1v) is 8.82. The molecule has 0 N–H and O–H groups in total. The van der Waals surface area contributed by atoms with Crippen molar-refractivity contribution in [3.8, 4) is 0 Å². The van der Waals surface area contributed by atoms with Gasteiger partial charge >= 0.3 is 0 Å². The van der Waals surface area contributed by atoms with Crippen LogP contribution < -0.4 is 0 Å². The Morgan fingerprint density at radius 3 is 2.40 bits per heavy atom. The van der Waals surface area contributed by atoms with Gasteiger partial charge in [-0.3, -0.25) is 9.59 Å². The number of carbonyl (C=O) groups excluding carboxylic acids is 2.